The van der Waals surface area contributed by atoms with Gasteiger partial charge in [-0.15, -0.1) is 0 Å². The first kappa shape index (κ1) is 17.0. The van der Waals surface area contributed by atoms with Crippen molar-refractivity contribution < 1.29 is 18.3 Å². The minimum atomic E-state index is -3.67. The zero-order chi connectivity index (χ0) is 16.8. The van der Waals surface area contributed by atoms with E-state index >= 15 is 0 Å². The maximum Gasteiger partial charge on any atom is 0.308 e. The Bertz CT molecular complexity index is 698. The third-order valence-corrected chi connectivity index (χ3v) is 6.90. The maximum atomic E-state index is 13.0. The Morgan fingerprint density at radius 1 is 1.14 bits per heavy atom. The van der Waals surface area contributed by atoms with Gasteiger partial charge in [0.1, 0.15) is 0 Å². The number of nitrogens with zero attached hydrogens (tertiary/aromatic N) is 1. The van der Waals surface area contributed by atoms with Crippen molar-refractivity contribution in [3.05, 3.63) is 28.3 Å². The fourth-order valence-electron chi connectivity index (χ4n) is 3.14. The van der Waals surface area contributed by atoms with Crippen LogP contribution >= 0.6 is 0 Å². The molecule has 0 saturated carbocycles. The third kappa shape index (κ3) is 2.65. The fourth-order valence-corrected chi connectivity index (χ4v) is 5.28. The minimum Gasteiger partial charge on any atom is -0.481 e. The summed E-state index contributed by atoms with van der Waals surface area (Å²) in [5.41, 5.74) is 3.36. The SMILES string of the molecule is Cc1cc(C)c(C)c(S(=O)(=O)N2C[C@@H](C)[C@H](C(=O)O)C2)c1C. The highest BCUT2D eigenvalue weighted by molar-refractivity contribution is 7.89. The fraction of sp³-hybridized carbons (Fsp3) is 0.562. The molecule has 0 radical (unpaired) electrons. The second-order valence-corrected chi connectivity index (χ2v) is 8.21. The van der Waals surface area contributed by atoms with E-state index in [0.717, 1.165) is 22.3 Å². The summed E-state index contributed by atoms with van der Waals surface area (Å²) in [6.45, 7) is 9.50. The third-order valence-electron chi connectivity index (χ3n) is 4.79. The smallest absolute Gasteiger partial charge is 0.308 e. The van der Waals surface area contributed by atoms with Crippen LogP contribution in [0.3, 0.4) is 0 Å². The zero-order valence-corrected chi connectivity index (χ0v) is 14.5. The molecule has 1 saturated heterocycles. The molecular formula is C16H23NO4S. The molecule has 0 unspecified atom stereocenters. The number of aryl methyl sites for hydroxylation is 2. The first-order valence-corrected chi connectivity index (χ1v) is 8.81. The highest BCUT2D eigenvalue weighted by Gasteiger charge is 2.41. The van der Waals surface area contributed by atoms with Crippen molar-refractivity contribution in [1.82, 2.24) is 4.31 Å². The van der Waals surface area contributed by atoms with Gasteiger partial charge in [-0.1, -0.05) is 13.0 Å². The molecule has 1 heterocycles. The van der Waals surface area contributed by atoms with Crippen molar-refractivity contribution in [3.8, 4) is 0 Å². The Hall–Kier alpha value is -1.40. The maximum absolute atomic E-state index is 13.0. The van der Waals surface area contributed by atoms with Crippen molar-refractivity contribution in [3.63, 3.8) is 0 Å². The number of carbonyl (C=O) groups is 1. The Labute approximate surface area is 132 Å². The van der Waals surface area contributed by atoms with Crippen molar-refractivity contribution >= 4 is 16.0 Å². The summed E-state index contributed by atoms with van der Waals surface area (Å²) < 4.78 is 27.4. The molecule has 0 aromatic heterocycles. The monoisotopic (exact) mass is 325 g/mol. The highest BCUT2D eigenvalue weighted by atomic mass is 32.2. The van der Waals surface area contributed by atoms with E-state index in [4.69, 9.17) is 0 Å². The number of sulfonamides is 1. The number of hydrogen-bond acceptors (Lipinski definition) is 3. The lowest BCUT2D eigenvalue weighted by Crippen LogP contribution is -2.31. The van der Waals surface area contributed by atoms with Gasteiger partial charge in [-0.25, -0.2) is 8.42 Å². The van der Waals surface area contributed by atoms with E-state index in [1.807, 2.05) is 33.8 Å². The summed E-state index contributed by atoms with van der Waals surface area (Å²) in [5, 5.41) is 9.21. The van der Waals surface area contributed by atoms with Gasteiger partial charge in [0.05, 0.1) is 10.8 Å². The molecule has 1 aromatic carbocycles. The van der Waals surface area contributed by atoms with Crippen LogP contribution < -0.4 is 0 Å². The number of carboxylic acid groups (broad SMARTS) is 1. The van der Waals surface area contributed by atoms with Crippen LogP contribution in [0, 0.1) is 39.5 Å². The summed E-state index contributed by atoms with van der Waals surface area (Å²) in [6.07, 6.45) is 0. The number of hydrogen-bond donors (Lipinski definition) is 1. The predicted octanol–water partition coefficient (Wildman–Crippen LogP) is 2.26. The lowest BCUT2D eigenvalue weighted by molar-refractivity contribution is -0.142. The van der Waals surface area contributed by atoms with Gasteiger partial charge in [-0.05, 0) is 55.9 Å². The van der Waals surface area contributed by atoms with Crippen molar-refractivity contribution in [2.75, 3.05) is 13.1 Å². The van der Waals surface area contributed by atoms with E-state index in [1.54, 1.807) is 6.92 Å². The van der Waals surface area contributed by atoms with Crippen LogP contribution in [-0.2, 0) is 14.8 Å². The van der Waals surface area contributed by atoms with E-state index < -0.39 is 21.9 Å². The Morgan fingerprint density at radius 3 is 2.05 bits per heavy atom. The second kappa shape index (κ2) is 5.66. The van der Waals surface area contributed by atoms with Crippen LogP contribution in [0.15, 0.2) is 11.0 Å². The lowest BCUT2D eigenvalue weighted by atomic mass is 9.99. The molecule has 0 bridgehead atoms. The van der Waals surface area contributed by atoms with Crippen molar-refractivity contribution in [2.24, 2.45) is 11.8 Å². The van der Waals surface area contributed by atoms with Gasteiger partial charge < -0.3 is 5.11 Å². The number of carboxylic acids is 1. The summed E-state index contributed by atoms with van der Waals surface area (Å²) in [6, 6.07) is 1.98. The number of aliphatic carboxylic acids is 1. The Kier molecular flexibility index (Phi) is 4.37. The molecule has 0 amide bonds. The molecule has 122 valence electrons. The molecule has 2 rings (SSSR count). The molecule has 1 fully saturated rings. The molecule has 2 atom stereocenters. The van der Waals surface area contributed by atoms with E-state index in [2.05, 4.69) is 0 Å². The van der Waals surface area contributed by atoms with E-state index in [9.17, 15) is 18.3 Å². The molecule has 1 N–H and O–H groups in total. The minimum absolute atomic E-state index is 0.0463. The zero-order valence-electron chi connectivity index (χ0n) is 13.7. The van der Waals surface area contributed by atoms with Gasteiger partial charge in [0.2, 0.25) is 10.0 Å². The van der Waals surface area contributed by atoms with Gasteiger partial charge in [0.15, 0.2) is 0 Å². The topological polar surface area (TPSA) is 74.7 Å². The molecular weight excluding hydrogens is 302 g/mol. The molecule has 6 heteroatoms. The average Bonchev–Trinajstić information content (AvgIpc) is 2.79. The summed E-state index contributed by atoms with van der Waals surface area (Å²) in [5.74, 6) is -1.75. The van der Waals surface area contributed by atoms with Crippen LogP contribution in [0.2, 0.25) is 0 Å². The molecule has 0 spiro atoms. The highest BCUT2D eigenvalue weighted by Crippen LogP contribution is 2.33. The Morgan fingerprint density at radius 2 is 1.64 bits per heavy atom. The molecule has 1 aromatic rings. The molecule has 5 nitrogen and oxygen atoms in total. The average molecular weight is 325 g/mol. The lowest BCUT2D eigenvalue weighted by Gasteiger charge is -2.21. The van der Waals surface area contributed by atoms with Crippen LogP contribution in [0.4, 0.5) is 0 Å². The van der Waals surface area contributed by atoms with E-state index in [-0.39, 0.29) is 19.0 Å². The largest absolute Gasteiger partial charge is 0.481 e. The Balaban J connectivity index is 2.52. The van der Waals surface area contributed by atoms with Crippen LogP contribution in [0.1, 0.15) is 29.2 Å². The van der Waals surface area contributed by atoms with Crippen molar-refractivity contribution in [1.29, 1.82) is 0 Å². The van der Waals surface area contributed by atoms with Gasteiger partial charge in [-0.3, -0.25) is 4.79 Å². The summed E-state index contributed by atoms with van der Waals surface area (Å²) in [7, 11) is -3.67. The molecule has 0 aliphatic carbocycles. The summed E-state index contributed by atoms with van der Waals surface area (Å²) >= 11 is 0. The van der Waals surface area contributed by atoms with Gasteiger partial charge in [-0.2, -0.15) is 4.31 Å². The first-order valence-electron chi connectivity index (χ1n) is 7.37. The van der Waals surface area contributed by atoms with Crippen molar-refractivity contribution in [2.45, 2.75) is 39.5 Å². The van der Waals surface area contributed by atoms with Gasteiger partial charge in [0.25, 0.3) is 0 Å². The number of rotatable bonds is 3. The number of benzene rings is 1. The first-order chi connectivity index (χ1) is 10.1. The normalized spacial score (nSPS) is 23.0. The van der Waals surface area contributed by atoms with Gasteiger partial charge >= 0.3 is 5.97 Å². The molecule has 1 aliphatic heterocycles. The van der Waals surface area contributed by atoms with Crippen LogP contribution in [0.5, 0.6) is 0 Å². The summed E-state index contributed by atoms with van der Waals surface area (Å²) in [4.78, 5) is 11.6. The predicted molar refractivity (Wildman–Crippen MR) is 84.4 cm³/mol. The standard InChI is InChI=1S/C16H23NO4S/c1-9-6-10(2)13(5)15(12(9)4)22(20,21)17-7-11(3)14(8-17)16(18)19/h6,11,14H,7-8H2,1-5H3,(H,18,19)/t11-,14-/m1/s1. The second-order valence-electron chi connectivity index (χ2n) is 6.33. The van der Waals surface area contributed by atoms with Gasteiger partial charge in [0, 0.05) is 13.1 Å². The quantitative estimate of drug-likeness (QED) is 0.925. The van der Waals surface area contributed by atoms with Crippen LogP contribution in [-0.4, -0.2) is 36.9 Å². The van der Waals surface area contributed by atoms with E-state index in [1.165, 1.54) is 4.31 Å². The van der Waals surface area contributed by atoms with Crippen LogP contribution in [0.25, 0.3) is 0 Å². The van der Waals surface area contributed by atoms with E-state index in [0.29, 0.717) is 4.90 Å². The molecule has 1 aliphatic rings. The molecule has 22 heavy (non-hydrogen) atoms.